The molecule has 5 nitrogen and oxygen atoms in total. The van der Waals surface area contributed by atoms with Gasteiger partial charge in [0.1, 0.15) is 5.54 Å². The number of benzene rings is 1. The molecule has 0 aliphatic carbocycles. The Bertz CT molecular complexity index is 610. The van der Waals surface area contributed by atoms with Gasteiger partial charge in [-0.3, -0.25) is 0 Å². The van der Waals surface area contributed by atoms with Crippen LogP contribution in [0.5, 0.6) is 0 Å². The lowest BCUT2D eigenvalue weighted by Crippen LogP contribution is -2.44. The molecule has 106 valence electrons. The van der Waals surface area contributed by atoms with E-state index in [0.717, 1.165) is 17.2 Å². The van der Waals surface area contributed by atoms with Crippen LogP contribution < -0.4 is 5.32 Å². The van der Waals surface area contributed by atoms with Crippen molar-refractivity contribution in [3.8, 4) is 0 Å². The Morgan fingerprint density at radius 1 is 1.40 bits per heavy atom. The number of nitrogens with one attached hydrogen (secondary N) is 1. The maximum absolute atomic E-state index is 12.0. The van der Waals surface area contributed by atoms with Crippen molar-refractivity contribution in [1.29, 1.82) is 0 Å². The molecule has 0 fully saturated rings. The first kappa shape index (κ1) is 14.2. The van der Waals surface area contributed by atoms with E-state index in [4.69, 9.17) is 4.74 Å². The van der Waals surface area contributed by atoms with Crippen molar-refractivity contribution in [3.63, 3.8) is 0 Å². The number of esters is 1. The Balaban J connectivity index is 2.41. The second-order valence-electron chi connectivity index (χ2n) is 4.98. The predicted molar refractivity (Wildman–Crippen MR) is 78.5 cm³/mol. The molecule has 0 saturated carbocycles. The zero-order valence-corrected chi connectivity index (χ0v) is 12.0. The number of nitrogens with zero attached hydrogens (tertiary/aromatic N) is 2. The number of hydrogen-bond donors (Lipinski definition) is 1. The molecule has 0 radical (unpaired) electrons. The Morgan fingerprint density at radius 3 is 2.85 bits per heavy atom. The standard InChI is InChI=1S/C15H19N3O2/c1-4-9-15(2,14(19)20-3)17-13-12-8-6-5-7-11(12)10-16-18-13/h5-8,10H,4,9H2,1-3H3,(H,17,18). The molecule has 0 bridgehead atoms. The molecule has 2 aromatic rings. The van der Waals surface area contributed by atoms with Gasteiger partial charge in [0.05, 0.1) is 13.3 Å². The van der Waals surface area contributed by atoms with Gasteiger partial charge in [0.15, 0.2) is 5.82 Å². The molecule has 20 heavy (non-hydrogen) atoms. The summed E-state index contributed by atoms with van der Waals surface area (Å²) in [7, 11) is 1.40. The number of methoxy groups -OCH3 is 1. The van der Waals surface area contributed by atoms with Gasteiger partial charge in [-0.15, -0.1) is 5.10 Å². The van der Waals surface area contributed by atoms with Crippen molar-refractivity contribution in [1.82, 2.24) is 10.2 Å². The van der Waals surface area contributed by atoms with Gasteiger partial charge in [-0.1, -0.05) is 37.6 Å². The quantitative estimate of drug-likeness (QED) is 0.849. The van der Waals surface area contributed by atoms with Crippen molar-refractivity contribution in [2.75, 3.05) is 12.4 Å². The fourth-order valence-electron chi connectivity index (χ4n) is 2.32. The molecule has 0 aliphatic rings. The van der Waals surface area contributed by atoms with E-state index in [1.807, 2.05) is 38.1 Å². The maximum atomic E-state index is 12.0. The summed E-state index contributed by atoms with van der Waals surface area (Å²) in [5.74, 6) is 0.304. The fourth-order valence-corrected chi connectivity index (χ4v) is 2.32. The minimum Gasteiger partial charge on any atom is -0.467 e. The highest BCUT2D eigenvalue weighted by molar-refractivity contribution is 5.93. The number of anilines is 1. The highest BCUT2D eigenvalue weighted by Crippen LogP contribution is 2.25. The summed E-state index contributed by atoms with van der Waals surface area (Å²) in [4.78, 5) is 12.0. The Kier molecular flexibility index (Phi) is 4.17. The molecule has 1 aromatic heterocycles. The molecular formula is C15H19N3O2. The summed E-state index contributed by atoms with van der Waals surface area (Å²) in [5.41, 5.74) is -0.803. The molecule has 5 heteroatoms. The molecule has 1 N–H and O–H groups in total. The number of fused-ring (bicyclic) bond motifs is 1. The van der Waals surface area contributed by atoms with E-state index in [1.165, 1.54) is 7.11 Å². The van der Waals surface area contributed by atoms with Crippen LogP contribution in [0.2, 0.25) is 0 Å². The normalized spacial score (nSPS) is 13.8. The van der Waals surface area contributed by atoms with Gasteiger partial charge >= 0.3 is 5.97 Å². The van der Waals surface area contributed by atoms with Gasteiger partial charge in [0.2, 0.25) is 0 Å². The summed E-state index contributed by atoms with van der Waals surface area (Å²) in [6, 6.07) is 7.80. The van der Waals surface area contributed by atoms with Crippen LogP contribution >= 0.6 is 0 Å². The molecule has 2 rings (SSSR count). The van der Waals surface area contributed by atoms with E-state index in [9.17, 15) is 4.79 Å². The van der Waals surface area contributed by atoms with E-state index in [2.05, 4.69) is 15.5 Å². The topological polar surface area (TPSA) is 64.1 Å². The van der Waals surface area contributed by atoms with E-state index >= 15 is 0 Å². The Morgan fingerprint density at radius 2 is 2.15 bits per heavy atom. The SMILES string of the molecule is CCCC(C)(Nc1nncc2ccccc12)C(=O)OC. The van der Waals surface area contributed by atoms with Crippen LogP contribution in [0.15, 0.2) is 30.5 Å². The summed E-state index contributed by atoms with van der Waals surface area (Å²) < 4.78 is 4.90. The third-order valence-electron chi connectivity index (χ3n) is 3.35. The number of carbonyl (C=O) groups excluding carboxylic acids is 1. The zero-order valence-electron chi connectivity index (χ0n) is 12.0. The third kappa shape index (κ3) is 2.71. The van der Waals surface area contributed by atoms with Crippen molar-refractivity contribution >= 4 is 22.6 Å². The van der Waals surface area contributed by atoms with Crippen LogP contribution in [0.1, 0.15) is 26.7 Å². The average Bonchev–Trinajstić information content (AvgIpc) is 2.47. The van der Waals surface area contributed by atoms with Crippen molar-refractivity contribution in [2.45, 2.75) is 32.2 Å². The number of ether oxygens (including phenoxy) is 1. The van der Waals surface area contributed by atoms with E-state index in [1.54, 1.807) is 6.20 Å². The highest BCUT2D eigenvalue weighted by atomic mass is 16.5. The predicted octanol–water partition coefficient (Wildman–Crippen LogP) is 2.77. The molecule has 0 spiro atoms. The van der Waals surface area contributed by atoms with Crippen LogP contribution in [0.25, 0.3) is 10.8 Å². The lowest BCUT2D eigenvalue weighted by molar-refractivity contribution is -0.145. The first-order valence-electron chi connectivity index (χ1n) is 6.67. The largest absolute Gasteiger partial charge is 0.467 e. The first-order chi connectivity index (χ1) is 9.60. The van der Waals surface area contributed by atoms with Gasteiger partial charge in [-0.05, 0) is 13.3 Å². The van der Waals surface area contributed by atoms with Gasteiger partial charge < -0.3 is 10.1 Å². The zero-order chi connectivity index (χ0) is 14.6. The monoisotopic (exact) mass is 273 g/mol. The van der Waals surface area contributed by atoms with E-state index < -0.39 is 5.54 Å². The summed E-state index contributed by atoms with van der Waals surface area (Å²) in [5, 5.41) is 13.2. The summed E-state index contributed by atoms with van der Waals surface area (Å²) >= 11 is 0. The first-order valence-corrected chi connectivity index (χ1v) is 6.67. The maximum Gasteiger partial charge on any atom is 0.331 e. The number of hydrogen-bond acceptors (Lipinski definition) is 5. The van der Waals surface area contributed by atoms with Gasteiger partial charge in [-0.2, -0.15) is 5.10 Å². The molecule has 1 aromatic carbocycles. The molecule has 1 unspecified atom stereocenters. The van der Waals surface area contributed by atoms with Crippen LogP contribution in [0.3, 0.4) is 0 Å². The fraction of sp³-hybridized carbons (Fsp3) is 0.400. The van der Waals surface area contributed by atoms with Crippen LogP contribution in [-0.4, -0.2) is 28.8 Å². The second-order valence-corrected chi connectivity index (χ2v) is 4.98. The smallest absolute Gasteiger partial charge is 0.331 e. The lowest BCUT2D eigenvalue weighted by atomic mass is 9.96. The summed E-state index contributed by atoms with van der Waals surface area (Å²) in [6.07, 6.45) is 3.22. The molecule has 1 atom stereocenters. The van der Waals surface area contributed by atoms with Crippen molar-refractivity contribution < 1.29 is 9.53 Å². The third-order valence-corrected chi connectivity index (χ3v) is 3.35. The van der Waals surface area contributed by atoms with Crippen molar-refractivity contribution in [2.24, 2.45) is 0 Å². The number of aromatic nitrogens is 2. The van der Waals surface area contributed by atoms with Crippen LogP contribution in [0, 0.1) is 0 Å². The number of carbonyl (C=O) groups is 1. The molecule has 0 aliphatic heterocycles. The molecule has 0 saturated heterocycles. The van der Waals surface area contributed by atoms with Crippen LogP contribution in [0.4, 0.5) is 5.82 Å². The van der Waals surface area contributed by atoms with Gasteiger partial charge in [0, 0.05) is 10.8 Å². The Labute approximate surface area is 118 Å². The minimum atomic E-state index is -0.803. The average molecular weight is 273 g/mol. The molecule has 1 heterocycles. The van der Waals surface area contributed by atoms with Gasteiger partial charge in [0.25, 0.3) is 0 Å². The second kappa shape index (κ2) is 5.86. The van der Waals surface area contributed by atoms with Gasteiger partial charge in [-0.25, -0.2) is 4.79 Å². The molecule has 0 amide bonds. The van der Waals surface area contributed by atoms with Crippen LogP contribution in [-0.2, 0) is 9.53 Å². The lowest BCUT2D eigenvalue weighted by Gasteiger charge is -2.28. The van der Waals surface area contributed by atoms with Crippen molar-refractivity contribution in [3.05, 3.63) is 30.5 Å². The minimum absolute atomic E-state index is 0.297. The highest BCUT2D eigenvalue weighted by Gasteiger charge is 2.34. The van der Waals surface area contributed by atoms with E-state index in [-0.39, 0.29) is 5.97 Å². The number of rotatable bonds is 5. The van der Waals surface area contributed by atoms with E-state index in [0.29, 0.717) is 12.2 Å². The Hall–Kier alpha value is -2.17. The summed E-state index contributed by atoms with van der Waals surface area (Å²) in [6.45, 7) is 3.85. The molecular weight excluding hydrogens is 254 g/mol.